The fourth-order valence-electron chi connectivity index (χ4n) is 2.51. The summed E-state index contributed by atoms with van der Waals surface area (Å²) < 4.78 is 0. The maximum atomic E-state index is 11.3. The molecular weight excluding hydrogens is 264 g/mol. The Labute approximate surface area is 127 Å². The standard InChI is InChI=1S/C16H26N4O/c1-19(14-15-6-3-2-4-7-15)11-5-8-17-9-12-20-13-10-18-16(20)21/h2-4,6-7,17H,5,8-14H2,1H3,(H,18,21). The van der Waals surface area contributed by atoms with Gasteiger partial charge in [0.05, 0.1) is 0 Å². The Balaban J connectivity index is 1.48. The van der Waals surface area contributed by atoms with Crippen LogP contribution in [-0.2, 0) is 6.54 Å². The molecule has 1 heterocycles. The van der Waals surface area contributed by atoms with Crippen LogP contribution in [0.3, 0.4) is 0 Å². The summed E-state index contributed by atoms with van der Waals surface area (Å²) in [4.78, 5) is 15.5. The molecule has 0 aliphatic carbocycles. The van der Waals surface area contributed by atoms with Gasteiger partial charge >= 0.3 is 6.03 Å². The van der Waals surface area contributed by atoms with Crippen molar-refractivity contribution in [2.45, 2.75) is 13.0 Å². The zero-order valence-electron chi connectivity index (χ0n) is 12.8. The minimum absolute atomic E-state index is 0.0689. The molecule has 2 amide bonds. The van der Waals surface area contributed by atoms with Crippen molar-refractivity contribution in [3.63, 3.8) is 0 Å². The second kappa shape index (κ2) is 8.64. The molecule has 5 heteroatoms. The van der Waals surface area contributed by atoms with Crippen molar-refractivity contribution >= 4 is 6.03 Å². The number of benzene rings is 1. The zero-order valence-corrected chi connectivity index (χ0v) is 12.8. The molecule has 1 aliphatic heterocycles. The number of amides is 2. The van der Waals surface area contributed by atoms with E-state index in [0.29, 0.717) is 0 Å². The Morgan fingerprint density at radius 2 is 2.10 bits per heavy atom. The summed E-state index contributed by atoms with van der Waals surface area (Å²) in [5.74, 6) is 0. The van der Waals surface area contributed by atoms with Crippen LogP contribution >= 0.6 is 0 Å². The van der Waals surface area contributed by atoms with E-state index in [1.54, 1.807) is 0 Å². The number of carbonyl (C=O) groups excluding carboxylic acids is 1. The topological polar surface area (TPSA) is 47.6 Å². The van der Waals surface area contributed by atoms with Gasteiger partial charge in [-0.1, -0.05) is 30.3 Å². The van der Waals surface area contributed by atoms with Crippen LogP contribution in [-0.4, -0.2) is 62.1 Å². The molecule has 1 aromatic carbocycles. The molecule has 1 saturated heterocycles. The van der Waals surface area contributed by atoms with E-state index < -0.39 is 0 Å². The molecule has 2 rings (SSSR count). The van der Waals surface area contributed by atoms with Crippen LogP contribution in [0.25, 0.3) is 0 Å². The van der Waals surface area contributed by atoms with E-state index in [-0.39, 0.29) is 6.03 Å². The third-order valence-corrected chi connectivity index (χ3v) is 3.69. The van der Waals surface area contributed by atoms with E-state index >= 15 is 0 Å². The van der Waals surface area contributed by atoms with Crippen LogP contribution < -0.4 is 10.6 Å². The lowest BCUT2D eigenvalue weighted by molar-refractivity contribution is 0.217. The number of rotatable bonds is 9. The smallest absolute Gasteiger partial charge is 0.317 e. The summed E-state index contributed by atoms with van der Waals surface area (Å²) in [6.07, 6.45) is 1.12. The van der Waals surface area contributed by atoms with Gasteiger partial charge in [-0.15, -0.1) is 0 Å². The monoisotopic (exact) mass is 290 g/mol. The number of hydrogen-bond acceptors (Lipinski definition) is 3. The highest BCUT2D eigenvalue weighted by Gasteiger charge is 2.17. The Morgan fingerprint density at radius 1 is 1.29 bits per heavy atom. The van der Waals surface area contributed by atoms with Crippen LogP contribution in [0.1, 0.15) is 12.0 Å². The molecule has 0 radical (unpaired) electrons. The molecule has 0 bridgehead atoms. The summed E-state index contributed by atoms with van der Waals surface area (Å²) >= 11 is 0. The molecule has 0 atom stereocenters. The van der Waals surface area contributed by atoms with Crippen molar-refractivity contribution in [1.29, 1.82) is 0 Å². The zero-order chi connectivity index (χ0) is 14.9. The summed E-state index contributed by atoms with van der Waals surface area (Å²) in [5.41, 5.74) is 1.35. The van der Waals surface area contributed by atoms with Crippen molar-refractivity contribution in [2.75, 3.05) is 46.3 Å². The molecule has 2 N–H and O–H groups in total. The van der Waals surface area contributed by atoms with Gasteiger partial charge in [0, 0.05) is 32.7 Å². The molecule has 5 nitrogen and oxygen atoms in total. The van der Waals surface area contributed by atoms with Crippen LogP contribution in [0.2, 0.25) is 0 Å². The van der Waals surface area contributed by atoms with E-state index in [1.807, 2.05) is 11.0 Å². The lowest BCUT2D eigenvalue weighted by Crippen LogP contribution is -2.35. The van der Waals surface area contributed by atoms with Gasteiger partial charge in [0.1, 0.15) is 0 Å². The fourth-order valence-corrected chi connectivity index (χ4v) is 2.51. The first-order valence-corrected chi connectivity index (χ1v) is 7.71. The molecule has 0 saturated carbocycles. The van der Waals surface area contributed by atoms with E-state index in [4.69, 9.17) is 0 Å². The highest BCUT2D eigenvalue weighted by molar-refractivity contribution is 5.76. The molecule has 21 heavy (non-hydrogen) atoms. The second-order valence-electron chi connectivity index (χ2n) is 5.55. The Morgan fingerprint density at radius 3 is 2.81 bits per heavy atom. The average Bonchev–Trinajstić information content (AvgIpc) is 2.89. The summed E-state index contributed by atoms with van der Waals surface area (Å²) in [6.45, 7) is 6.35. The number of urea groups is 1. The summed E-state index contributed by atoms with van der Waals surface area (Å²) in [7, 11) is 2.15. The minimum Gasteiger partial charge on any atom is -0.336 e. The molecule has 0 aromatic heterocycles. The SMILES string of the molecule is CN(CCCNCCN1CCNC1=O)Cc1ccccc1. The first-order valence-electron chi connectivity index (χ1n) is 7.71. The van der Waals surface area contributed by atoms with E-state index in [2.05, 4.69) is 46.8 Å². The van der Waals surface area contributed by atoms with Crippen molar-refractivity contribution < 1.29 is 4.79 Å². The first kappa shape index (κ1) is 15.8. The third kappa shape index (κ3) is 5.73. The fraction of sp³-hybridized carbons (Fsp3) is 0.562. The van der Waals surface area contributed by atoms with Crippen molar-refractivity contribution in [3.8, 4) is 0 Å². The minimum atomic E-state index is 0.0689. The molecule has 1 aromatic rings. The lowest BCUT2D eigenvalue weighted by Gasteiger charge is -2.17. The van der Waals surface area contributed by atoms with E-state index in [0.717, 1.165) is 52.2 Å². The molecular formula is C16H26N4O. The van der Waals surface area contributed by atoms with E-state index in [1.165, 1.54) is 5.56 Å². The average molecular weight is 290 g/mol. The van der Waals surface area contributed by atoms with E-state index in [9.17, 15) is 4.79 Å². The molecule has 0 unspecified atom stereocenters. The quantitative estimate of drug-likeness (QED) is 0.670. The largest absolute Gasteiger partial charge is 0.336 e. The highest BCUT2D eigenvalue weighted by Crippen LogP contribution is 2.02. The Kier molecular flexibility index (Phi) is 6.50. The van der Waals surface area contributed by atoms with Crippen molar-refractivity contribution in [2.24, 2.45) is 0 Å². The van der Waals surface area contributed by atoms with Crippen LogP contribution in [0.4, 0.5) is 4.79 Å². The van der Waals surface area contributed by atoms with Gasteiger partial charge in [-0.3, -0.25) is 0 Å². The van der Waals surface area contributed by atoms with Gasteiger partial charge in [0.25, 0.3) is 0 Å². The normalized spacial score (nSPS) is 14.8. The highest BCUT2D eigenvalue weighted by atomic mass is 16.2. The van der Waals surface area contributed by atoms with Crippen LogP contribution in [0.5, 0.6) is 0 Å². The molecule has 0 spiro atoms. The van der Waals surface area contributed by atoms with Gasteiger partial charge in [-0.2, -0.15) is 0 Å². The number of nitrogens with one attached hydrogen (secondary N) is 2. The summed E-state index contributed by atoms with van der Waals surface area (Å²) in [6, 6.07) is 10.6. The van der Waals surface area contributed by atoms with Crippen molar-refractivity contribution in [1.82, 2.24) is 20.4 Å². The van der Waals surface area contributed by atoms with Gasteiger partial charge in [-0.05, 0) is 32.1 Å². The van der Waals surface area contributed by atoms with Gasteiger partial charge in [-0.25, -0.2) is 4.79 Å². The Hall–Kier alpha value is -1.59. The molecule has 116 valence electrons. The first-order chi connectivity index (χ1) is 10.3. The summed E-state index contributed by atoms with van der Waals surface area (Å²) in [5, 5.41) is 6.22. The maximum Gasteiger partial charge on any atom is 0.317 e. The van der Waals surface area contributed by atoms with Crippen LogP contribution in [0.15, 0.2) is 30.3 Å². The second-order valence-corrected chi connectivity index (χ2v) is 5.55. The lowest BCUT2D eigenvalue weighted by atomic mass is 10.2. The predicted octanol–water partition coefficient (Wildman–Crippen LogP) is 1.12. The third-order valence-electron chi connectivity index (χ3n) is 3.69. The molecule has 1 aliphatic rings. The van der Waals surface area contributed by atoms with Gasteiger partial charge < -0.3 is 20.4 Å². The number of carbonyl (C=O) groups is 1. The number of nitrogens with zero attached hydrogens (tertiary/aromatic N) is 2. The molecule has 1 fully saturated rings. The van der Waals surface area contributed by atoms with Gasteiger partial charge in [0.2, 0.25) is 0 Å². The maximum absolute atomic E-state index is 11.3. The van der Waals surface area contributed by atoms with Gasteiger partial charge in [0.15, 0.2) is 0 Å². The predicted molar refractivity (Wildman–Crippen MR) is 85.2 cm³/mol. The van der Waals surface area contributed by atoms with Crippen LogP contribution in [0, 0.1) is 0 Å². The number of hydrogen-bond donors (Lipinski definition) is 2. The van der Waals surface area contributed by atoms with Crippen molar-refractivity contribution in [3.05, 3.63) is 35.9 Å². The Bertz CT molecular complexity index is 424.